The summed E-state index contributed by atoms with van der Waals surface area (Å²) in [4.78, 5) is 33.2. The Kier molecular flexibility index (Phi) is 4.52. The van der Waals surface area contributed by atoms with Gasteiger partial charge in [0.15, 0.2) is 5.13 Å². The van der Waals surface area contributed by atoms with Crippen LogP contribution in [0.1, 0.15) is 28.5 Å². The topological polar surface area (TPSA) is 84.0 Å². The number of amides is 2. The van der Waals surface area contributed by atoms with E-state index in [-0.39, 0.29) is 11.8 Å². The van der Waals surface area contributed by atoms with Crippen molar-refractivity contribution >= 4 is 55.1 Å². The molecule has 0 saturated heterocycles. The lowest BCUT2D eigenvalue weighted by molar-refractivity contribution is -0.114. The second-order valence-electron chi connectivity index (χ2n) is 6.67. The van der Waals surface area contributed by atoms with Crippen molar-refractivity contribution in [3.05, 3.63) is 59.3 Å². The molecule has 7 heteroatoms. The zero-order valence-corrected chi connectivity index (χ0v) is 16.5. The summed E-state index contributed by atoms with van der Waals surface area (Å²) in [5, 5.41) is 6.98. The number of nitrogens with zero attached hydrogens (tertiary/aromatic N) is 2. The van der Waals surface area contributed by atoms with E-state index in [1.54, 1.807) is 12.1 Å². The zero-order chi connectivity index (χ0) is 19.8. The molecule has 4 aromatic rings. The lowest BCUT2D eigenvalue weighted by atomic mass is 10.0. The maximum atomic E-state index is 13.0. The molecular formula is C21H18N4O2S. The van der Waals surface area contributed by atoms with Crippen LogP contribution in [0, 0.1) is 13.8 Å². The molecule has 0 bridgehead atoms. The summed E-state index contributed by atoms with van der Waals surface area (Å²) < 4.78 is 0.883. The standard InChI is InChI=1S/C21H18N4O2S/c1-11-4-6-17-15(8-11)16(9-12(2)22-17)20(27)25-21-24-18-7-5-14(23-13(3)26)10-19(18)28-21/h4-10H,1-3H3,(H,23,26)(H,24,25,27). The van der Waals surface area contributed by atoms with Gasteiger partial charge < -0.3 is 5.32 Å². The van der Waals surface area contributed by atoms with Gasteiger partial charge in [-0.2, -0.15) is 0 Å². The Bertz CT molecular complexity index is 1250. The van der Waals surface area contributed by atoms with E-state index in [0.29, 0.717) is 16.4 Å². The highest BCUT2D eigenvalue weighted by Gasteiger charge is 2.15. The summed E-state index contributed by atoms with van der Waals surface area (Å²) >= 11 is 1.36. The molecule has 2 aromatic heterocycles. The van der Waals surface area contributed by atoms with Crippen LogP contribution in [0.2, 0.25) is 0 Å². The number of hydrogen-bond acceptors (Lipinski definition) is 5. The largest absolute Gasteiger partial charge is 0.326 e. The van der Waals surface area contributed by atoms with Crippen LogP contribution in [0.5, 0.6) is 0 Å². The van der Waals surface area contributed by atoms with Crippen LogP contribution < -0.4 is 10.6 Å². The van der Waals surface area contributed by atoms with Gasteiger partial charge >= 0.3 is 0 Å². The minimum Gasteiger partial charge on any atom is -0.326 e. The first-order valence-electron chi connectivity index (χ1n) is 8.76. The Hall–Kier alpha value is -3.32. The Morgan fingerprint density at radius 2 is 1.71 bits per heavy atom. The van der Waals surface area contributed by atoms with E-state index in [1.165, 1.54) is 18.3 Å². The van der Waals surface area contributed by atoms with Gasteiger partial charge in [0.25, 0.3) is 5.91 Å². The van der Waals surface area contributed by atoms with Crippen LogP contribution >= 0.6 is 11.3 Å². The quantitative estimate of drug-likeness (QED) is 0.532. The molecule has 0 aliphatic heterocycles. The minimum atomic E-state index is -0.220. The van der Waals surface area contributed by atoms with Gasteiger partial charge in [0.1, 0.15) is 0 Å². The first-order valence-corrected chi connectivity index (χ1v) is 9.58. The van der Waals surface area contributed by atoms with E-state index < -0.39 is 0 Å². The van der Waals surface area contributed by atoms with Gasteiger partial charge in [0.05, 0.1) is 21.3 Å². The van der Waals surface area contributed by atoms with Gasteiger partial charge in [-0.05, 0) is 50.2 Å². The number of benzene rings is 2. The Morgan fingerprint density at radius 3 is 2.50 bits per heavy atom. The van der Waals surface area contributed by atoms with Gasteiger partial charge in [0.2, 0.25) is 5.91 Å². The van der Waals surface area contributed by atoms with Gasteiger partial charge in [-0.3, -0.25) is 19.9 Å². The van der Waals surface area contributed by atoms with Crippen molar-refractivity contribution in [3.63, 3.8) is 0 Å². The first kappa shape index (κ1) is 18.1. The maximum Gasteiger partial charge on any atom is 0.258 e. The van der Waals surface area contributed by atoms with Crippen molar-refractivity contribution in [2.75, 3.05) is 10.6 Å². The van der Waals surface area contributed by atoms with Crippen molar-refractivity contribution in [1.82, 2.24) is 9.97 Å². The van der Waals surface area contributed by atoms with E-state index in [4.69, 9.17) is 0 Å². The van der Waals surface area contributed by atoms with E-state index >= 15 is 0 Å². The summed E-state index contributed by atoms with van der Waals surface area (Å²) in [7, 11) is 0. The molecule has 0 fully saturated rings. The monoisotopic (exact) mass is 390 g/mol. The molecule has 0 atom stereocenters. The van der Waals surface area contributed by atoms with E-state index in [0.717, 1.165) is 32.4 Å². The predicted molar refractivity (Wildman–Crippen MR) is 113 cm³/mol. The molecule has 0 unspecified atom stereocenters. The van der Waals surface area contributed by atoms with E-state index in [1.807, 2.05) is 44.2 Å². The molecular weight excluding hydrogens is 372 g/mol. The van der Waals surface area contributed by atoms with Gasteiger partial charge in [-0.25, -0.2) is 4.98 Å². The summed E-state index contributed by atoms with van der Waals surface area (Å²) in [5.74, 6) is -0.352. The lowest BCUT2D eigenvalue weighted by Crippen LogP contribution is -2.13. The van der Waals surface area contributed by atoms with Gasteiger partial charge in [0, 0.05) is 23.7 Å². The van der Waals surface area contributed by atoms with Crippen molar-refractivity contribution in [2.24, 2.45) is 0 Å². The average molecular weight is 390 g/mol. The molecule has 0 spiro atoms. The SMILES string of the molecule is CC(=O)Nc1ccc2nc(NC(=O)c3cc(C)nc4ccc(C)cc34)sc2c1. The van der Waals surface area contributed by atoms with Crippen molar-refractivity contribution in [1.29, 1.82) is 0 Å². The third-order valence-corrected chi connectivity index (χ3v) is 5.20. The summed E-state index contributed by atoms with van der Waals surface area (Å²) in [5.41, 5.74) is 4.68. The zero-order valence-electron chi connectivity index (χ0n) is 15.7. The molecule has 140 valence electrons. The number of nitrogens with one attached hydrogen (secondary N) is 2. The third-order valence-electron chi connectivity index (χ3n) is 4.27. The number of rotatable bonds is 3. The smallest absolute Gasteiger partial charge is 0.258 e. The number of anilines is 2. The molecule has 0 saturated carbocycles. The molecule has 2 heterocycles. The number of fused-ring (bicyclic) bond motifs is 2. The number of aryl methyl sites for hydroxylation is 2. The number of aromatic nitrogens is 2. The molecule has 4 rings (SSSR count). The van der Waals surface area contributed by atoms with Crippen LogP contribution in [0.25, 0.3) is 21.1 Å². The van der Waals surface area contributed by atoms with Crippen LogP contribution in [0.3, 0.4) is 0 Å². The van der Waals surface area contributed by atoms with Crippen LogP contribution in [0.4, 0.5) is 10.8 Å². The molecule has 0 radical (unpaired) electrons. The fraction of sp³-hybridized carbons (Fsp3) is 0.143. The Morgan fingerprint density at radius 1 is 0.929 bits per heavy atom. The average Bonchev–Trinajstić information content (AvgIpc) is 3.02. The van der Waals surface area contributed by atoms with Crippen LogP contribution in [0.15, 0.2) is 42.5 Å². The second kappa shape index (κ2) is 7.01. The third kappa shape index (κ3) is 3.57. The molecule has 2 amide bonds. The number of carbonyl (C=O) groups is 2. The fourth-order valence-corrected chi connectivity index (χ4v) is 3.98. The molecule has 0 aliphatic rings. The predicted octanol–water partition coefficient (Wildman–Crippen LogP) is 4.67. The minimum absolute atomic E-state index is 0.132. The van der Waals surface area contributed by atoms with Gasteiger partial charge in [-0.1, -0.05) is 23.0 Å². The van der Waals surface area contributed by atoms with Crippen LogP contribution in [-0.4, -0.2) is 21.8 Å². The van der Waals surface area contributed by atoms with E-state index in [9.17, 15) is 9.59 Å². The molecule has 6 nitrogen and oxygen atoms in total. The first-order chi connectivity index (χ1) is 13.4. The Balaban J connectivity index is 1.68. The fourth-order valence-electron chi connectivity index (χ4n) is 3.08. The lowest BCUT2D eigenvalue weighted by Gasteiger charge is -2.08. The summed E-state index contributed by atoms with van der Waals surface area (Å²) in [6.45, 7) is 5.32. The van der Waals surface area contributed by atoms with E-state index in [2.05, 4.69) is 20.6 Å². The highest BCUT2D eigenvalue weighted by molar-refractivity contribution is 7.22. The normalized spacial score (nSPS) is 11.0. The molecule has 0 aliphatic carbocycles. The van der Waals surface area contributed by atoms with Crippen molar-refractivity contribution < 1.29 is 9.59 Å². The number of carbonyl (C=O) groups excluding carboxylic acids is 2. The summed E-state index contributed by atoms with van der Waals surface area (Å²) in [6, 6.07) is 13.1. The van der Waals surface area contributed by atoms with Gasteiger partial charge in [-0.15, -0.1) is 0 Å². The number of hydrogen-bond donors (Lipinski definition) is 2. The number of thiazole rings is 1. The second-order valence-corrected chi connectivity index (χ2v) is 7.70. The molecule has 28 heavy (non-hydrogen) atoms. The molecule has 2 aromatic carbocycles. The highest BCUT2D eigenvalue weighted by atomic mass is 32.1. The van der Waals surface area contributed by atoms with Crippen molar-refractivity contribution in [2.45, 2.75) is 20.8 Å². The summed E-state index contributed by atoms with van der Waals surface area (Å²) in [6.07, 6.45) is 0. The van der Waals surface area contributed by atoms with Crippen molar-refractivity contribution in [3.8, 4) is 0 Å². The molecule has 2 N–H and O–H groups in total. The number of pyridine rings is 1. The Labute approximate surface area is 165 Å². The highest BCUT2D eigenvalue weighted by Crippen LogP contribution is 2.29. The van der Waals surface area contributed by atoms with Crippen LogP contribution in [-0.2, 0) is 4.79 Å². The maximum absolute atomic E-state index is 13.0.